The summed E-state index contributed by atoms with van der Waals surface area (Å²) in [6.07, 6.45) is 7.09. The molecule has 1 amide bonds. The molecule has 1 aliphatic carbocycles. The second kappa shape index (κ2) is 4.23. The largest absolute Gasteiger partial charge is 0.444 e. The van der Waals surface area contributed by atoms with Gasteiger partial charge >= 0.3 is 0 Å². The van der Waals surface area contributed by atoms with Crippen molar-refractivity contribution in [2.45, 2.75) is 50.6 Å². The Morgan fingerprint density at radius 1 is 1.16 bits per heavy atom. The molecule has 0 spiro atoms. The number of piperidine rings is 1. The molecule has 19 heavy (non-hydrogen) atoms. The van der Waals surface area contributed by atoms with Gasteiger partial charge in [0, 0.05) is 12.1 Å². The lowest BCUT2D eigenvalue weighted by atomic mass is 9.95. The fraction of sp³-hybridized carbons (Fsp3) is 0.533. The first-order chi connectivity index (χ1) is 9.22. The van der Waals surface area contributed by atoms with Crippen molar-refractivity contribution in [3.05, 3.63) is 33.7 Å². The van der Waals surface area contributed by atoms with Crippen LogP contribution in [0.15, 0.2) is 32.4 Å². The van der Waals surface area contributed by atoms with Gasteiger partial charge in [0.05, 0.1) is 0 Å². The summed E-state index contributed by atoms with van der Waals surface area (Å²) < 4.78 is 6.05. The summed E-state index contributed by atoms with van der Waals surface area (Å²) in [5.74, 6) is 0.532. The third-order valence-electron chi connectivity index (χ3n) is 4.60. The molecule has 0 radical (unpaired) electrons. The summed E-state index contributed by atoms with van der Waals surface area (Å²) in [6.45, 7) is 0. The first kappa shape index (κ1) is 11.8. The maximum absolute atomic E-state index is 12.6. The van der Waals surface area contributed by atoms with Crippen molar-refractivity contribution in [1.82, 2.24) is 4.90 Å². The molecule has 4 rings (SSSR count). The number of nitrogens with zero attached hydrogens (tertiary/aromatic N) is 1. The van der Waals surface area contributed by atoms with Gasteiger partial charge in [-0.1, -0.05) is 11.1 Å². The van der Waals surface area contributed by atoms with Crippen LogP contribution < -0.4 is 0 Å². The van der Waals surface area contributed by atoms with Gasteiger partial charge in [0.25, 0.3) is 5.91 Å². The van der Waals surface area contributed by atoms with Crippen LogP contribution >= 0.6 is 15.9 Å². The van der Waals surface area contributed by atoms with E-state index in [4.69, 9.17) is 4.42 Å². The van der Waals surface area contributed by atoms with E-state index in [9.17, 15) is 4.79 Å². The zero-order valence-electron chi connectivity index (χ0n) is 10.7. The standard InChI is InChI=1S/C15H16BrNO2/c16-14-6-5-13(19-14)15(18)17-11-3-4-12(17)8-10(7-11)9-1-2-9/h5-6,11-12H,1-4,7-8H2. The van der Waals surface area contributed by atoms with E-state index in [1.165, 1.54) is 12.8 Å². The van der Waals surface area contributed by atoms with E-state index in [-0.39, 0.29) is 5.91 Å². The van der Waals surface area contributed by atoms with Crippen LogP contribution in [0.3, 0.4) is 0 Å². The van der Waals surface area contributed by atoms with Crippen LogP contribution in [0, 0.1) is 0 Å². The molecule has 3 nitrogen and oxygen atoms in total. The number of allylic oxidation sites excluding steroid dienone is 1. The van der Waals surface area contributed by atoms with E-state index >= 15 is 0 Å². The number of fused-ring (bicyclic) bond motifs is 2. The molecule has 2 bridgehead atoms. The molecule has 0 aromatic carbocycles. The van der Waals surface area contributed by atoms with Gasteiger partial charge in [-0.25, -0.2) is 0 Å². The summed E-state index contributed by atoms with van der Waals surface area (Å²) in [5, 5.41) is 0. The zero-order chi connectivity index (χ0) is 13.0. The monoisotopic (exact) mass is 321 g/mol. The third kappa shape index (κ3) is 1.97. The maximum atomic E-state index is 12.6. The molecule has 3 fully saturated rings. The molecule has 2 saturated heterocycles. The van der Waals surface area contributed by atoms with Crippen LogP contribution in [0.25, 0.3) is 0 Å². The van der Waals surface area contributed by atoms with Crippen molar-refractivity contribution < 1.29 is 9.21 Å². The van der Waals surface area contributed by atoms with Crippen molar-refractivity contribution in [3.8, 4) is 0 Å². The molecular formula is C15H16BrNO2. The number of halogens is 1. The van der Waals surface area contributed by atoms with Crippen LogP contribution in [0.5, 0.6) is 0 Å². The Morgan fingerprint density at radius 2 is 1.84 bits per heavy atom. The van der Waals surface area contributed by atoms with E-state index in [0.29, 0.717) is 22.5 Å². The number of carbonyl (C=O) groups is 1. The number of furan rings is 1. The fourth-order valence-corrected chi connectivity index (χ4v) is 3.91. The molecule has 1 aromatic heterocycles. The molecular weight excluding hydrogens is 306 g/mol. The highest BCUT2D eigenvalue weighted by atomic mass is 79.9. The minimum absolute atomic E-state index is 0.0676. The summed E-state index contributed by atoms with van der Waals surface area (Å²) in [5.41, 5.74) is 3.32. The third-order valence-corrected chi connectivity index (χ3v) is 5.03. The molecule has 2 aliphatic heterocycles. The zero-order valence-corrected chi connectivity index (χ0v) is 12.3. The lowest BCUT2D eigenvalue weighted by Gasteiger charge is -2.35. The molecule has 2 atom stereocenters. The van der Waals surface area contributed by atoms with Crippen LogP contribution in [-0.4, -0.2) is 22.9 Å². The first-order valence-corrected chi connectivity index (χ1v) is 7.79. The number of amides is 1. The topological polar surface area (TPSA) is 33.5 Å². The quantitative estimate of drug-likeness (QED) is 0.735. The summed E-state index contributed by atoms with van der Waals surface area (Å²) in [7, 11) is 0. The Hall–Kier alpha value is -1.03. The Balaban J connectivity index is 1.60. The molecule has 3 heterocycles. The van der Waals surface area contributed by atoms with Gasteiger partial charge < -0.3 is 9.32 Å². The lowest BCUT2D eigenvalue weighted by molar-refractivity contribution is 0.0600. The summed E-state index contributed by atoms with van der Waals surface area (Å²) in [6, 6.07) is 4.36. The lowest BCUT2D eigenvalue weighted by Crippen LogP contribution is -2.44. The van der Waals surface area contributed by atoms with E-state index in [0.717, 1.165) is 25.7 Å². The Morgan fingerprint density at radius 3 is 2.37 bits per heavy atom. The second-order valence-corrected chi connectivity index (χ2v) is 6.60. The summed E-state index contributed by atoms with van der Waals surface area (Å²) in [4.78, 5) is 14.6. The van der Waals surface area contributed by atoms with E-state index < -0.39 is 0 Å². The van der Waals surface area contributed by atoms with Crippen molar-refractivity contribution >= 4 is 21.8 Å². The highest BCUT2D eigenvalue weighted by molar-refractivity contribution is 9.10. The van der Waals surface area contributed by atoms with Gasteiger partial charge in [-0.3, -0.25) is 4.79 Å². The summed E-state index contributed by atoms with van der Waals surface area (Å²) >= 11 is 3.26. The van der Waals surface area contributed by atoms with Crippen molar-refractivity contribution in [3.63, 3.8) is 0 Å². The predicted octanol–water partition coefficient (Wildman–Crippen LogP) is 3.90. The van der Waals surface area contributed by atoms with Crippen molar-refractivity contribution in [2.24, 2.45) is 0 Å². The minimum atomic E-state index is 0.0676. The molecule has 1 aromatic rings. The predicted molar refractivity (Wildman–Crippen MR) is 74.9 cm³/mol. The Kier molecular flexibility index (Phi) is 2.62. The van der Waals surface area contributed by atoms with Crippen LogP contribution in [0.4, 0.5) is 0 Å². The molecule has 4 heteroatoms. The van der Waals surface area contributed by atoms with Crippen molar-refractivity contribution in [1.29, 1.82) is 0 Å². The van der Waals surface area contributed by atoms with Gasteiger partial charge in [-0.15, -0.1) is 0 Å². The molecule has 1 saturated carbocycles. The Bertz CT molecular complexity index is 552. The van der Waals surface area contributed by atoms with Gasteiger partial charge in [0.2, 0.25) is 0 Å². The average molecular weight is 322 g/mol. The highest BCUT2D eigenvalue weighted by Gasteiger charge is 2.43. The van der Waals surface area contributed by atoms with Crippen LogP contribution in [0.2, 0.25) is 0 Å². The smallest absolute Gasteiger partial charge is 0.290 e. The van der Waals surface area contributed by atoms with Crippen LogP contribution in [-0.2, 0) is 0 Å². The number of carbonyl (C=O) groups excluding carboxylic acids is 1. The fourth-order valence-electron chi connectivity index (χ4n) is 3.61. The first-order valence-electron chi connectivity index (χ1n) is 7.00. The average Bonchev–Trinajstić information content (AvgIpc) is 3.11. The molecule has 3 aliphatic rings. The highest BCUT2D eigenvalue weighted by Crippen LogP contribution is 2.45. The Labute approximate surface area is 120 Å². The number of hydrogen-bond acceptors (Lipinski definition) is 2. The second-order valence-electron chi connectivity index (χ2n) is 5.82. The molecule has 2 unspecified atom stereocenters. The number of rotatable bonds is 1. The van der Waals surface area contributed by atoms with E-state index in [2.05, 4.69) is 20.8 Å². The molecule has 100 valence electrons. The van der Waals surface area contributed by atoms with Crippen LogP contribution in [0.1, 0.15) is 49.1 Å². The maximum Gasteiger partial charge on any atom is 0.290 e. The normalized spacial score (nSPS) is 29.0. The van der Waals surface area contributed by atoms with E-state index in [1.807, 2.05) is 0 Å². The van der Waals surface area contributed by atoms with Gasteiger partial charge in [0.15, 0.2) is 10.4 Å². The van der Waals surface area contributed by atoms with Gasteiger partial charge in [-0.05, 0) is 66.6 Å². The van der Waals surface area contributed by atoms with E-state index in [1.54, 1.807) is 23.3 Å². The minimum Gasteiger partial charge on any atom is -0.444 e. The molecule has 0 N–H and O–H groups in total. The van der Waals surface area contributed by atoms with Gasteiger partial charge in [0.1, 0.15) is 0 Å². The number of hydrogen-bond donors (Lipinski definition) is 0. The van der Waals surface area contributed by atoms with Crippen molar-refractivity contribution in [2.75, 3.05) is 0 Å². The van der Waals surface area contributed by atoms with Gasteiger partial charge in [-0.2, -0.15) is 0 Å². The SMILES string of the molecule is O=C(c1ccc(Br)o1)N1C2CCC1CC(=C1CC1)C2.